The molecule has 2 amide bonds. The summed E-state index contributed by atoms with van der Waals surface area (Å²) in [7, 11) is 0. The molecule has 0 spiro atoms. The molecule has 5 heteroatoms. The van der Waals surface area contributed by atoms with E-state index in [2.05, 4.69) is 28.1 Å². The maximum atomic E-state index is 12.8. The Balaban J connectivity index is 1.63. The van der Waals surface area contributed by atoms with E-state index in [9.17, 15) is 9.59 Å². The van der Waals surface area contributed by atoms with Gasteiger partial charge < -0.3 is 9.80 Å². The van der Waals surface area contributed by atoms with Crippen molar-refractivity contribution in [3.63, 3.8) is 0 Å². The van der Waals surface area contributed by atoms with Crippen LogP contribution in [0.2, 0.25) is 0 Å². The number of nitrogens with zero attached hydrogens (tertiary/aromatic N) is 2. The Morgan fingerprint density at radius 3 is 2.62 bits per heavy atom. The molecule has 1 unspecified atom stereocenters. The van der Waals surface area contributed by atoms with Gasteiger partial charge in [0.25, 0.3) is 5.91 Å². The van der Waals surface area contributed by atoms with Gasteiger partial charge in [0.15, 0.2) is 0 Å². The van der Waals surface area contributed by atoms with Gasteiger partial charge in [-0.15, -0.1) is 0 Å². The average molecular weight is 385 g/mol. The number of piperazine rings is 1. The minimum Gasteiger partial charge on any atom is -0.332 e. The van der Waals surface area contributed by atoms with E-state index in [1.165, 1.54) is 11.1 Å². The number of carbonyl (C=O) groups excluding carboxylic acids is 2. The summed E-state index contributed by atoms with van der Waals surface area (Å²) in [4.78, 5) is 28.9. The lowest BCUT2D eigenvalue weighted by Crippen LogP contribution is -2.55. The number of hydrogen-bond acceptors (Lipinski definition) is 2. The fourth-order valence-electron chi connectivity index (χ4n) is 3.60. The van der Waals surface area contributed by atoms with E-state index in [0.29, 0.717) is 12.1 Å². The van der Waals surface area contributed by atoms with Crippen LogP contribution >= 0.6 is 15.9 Å². The smallest absolute Gasteiger partial charge is 0.254 e. The number of fused-ring (bicyclic) bond motifs is 3. The first-order valence-electron chi connectivity index (χ1n) is 8.05. The van der Waals surface area contributed by atoms with Gasteiger partial charge in [0.1, 0.15) is 6.54 Å². The molecule has 0 bridgehead atoms. The zero-order chi connectivity index (χ0) is 16.7. The fraction of sp³-hybridized carbons (Fsp3) is 0.263. The molecule has 0 saturated carbocycles. The van der Waals surface area contributed by atoms with Crippen molar-refractivity contribution in [3.05, 3.63) is 69.7 Å². The van der Waals surface area contributed by atoms with Crippen molar-refractivity contribution in [2.45, 2.75) is 12.5 Å². The summed E-state index contributed by atoms with van der Waals surface area (Å²) in [5.41, 5.74) is 3.07. The third-order valence-electron chi connectivity index (χ3n) is 4.83. The molecule has 0 radical (unpaired) electrons. The van der Waals surface area contributed by atoms with Gasteiger partial charge >= 0.3 is 0 Å². The van der Waals surface area contributed by atoms with Crippen molar-refractivity contribution >= 4 is 27.7 Å². The van der Waals surface area contributed by atoms with Crippen LogP contribution in [0.1, 0.15) is 27.5 Å². The van der Waals surface area contributed by atoms with Crippen LogP contribution in [0.5, 0.6) is 0 Å². The largest absolute Gasteiger partial charge is 0.332 e. The second-order valence-corrected chi connectivity index (χ2v) is 7.16. The summed E-state index contributed by atoms with van der Waals surface area (Å²) in [5, 5.41) is 0. The van der Waals surface area contributed by atoms with Crippen molar-refractivity contribution in [3.8, 4) is 0 Å². The number of halogens is 1. The van der Waals surface area contributed by atoms with Gasteiger partial charge in [-0.3, -0.25) is 9.59 Å². The lowest BCUT2D eigenvalue weighted by molar-refractivity contribution is -0.139. The molecule has 0 N–H and O–H groups in total. The van der Waals surface area contributed by atoms with Gasteiger partial charge in [0.2, 0.25) is 5.91 Å². The topological polar surface area (TPSA) is 40.6 Å². The van der Waals surface area contributed by atoms with E-state index in [4.69, 9.17) is 0 Å². The molecule has 122 valence electrons. The van der Waals surface area contributed by atoms with E-state index in [1.807, 2.05) is 29.2 Å². The van der Waals surface area contributed by atoms with Crippen LogP contribution in [0.3, 0.4) is 0 Å². The van der Waals surface area contributed by atoms with Crippen LogP contribution < -0.4 is 0 Å². The molecule has 2 aromatic rings. The molecule has 2 aromatic carbocycles. The first kappa shape index (κ1) is 15.4. The summed E-state index contributed by atoms with van der Waals surface area (Å²) in [6, 6.07) is 15.5. The Labute approximate surface area is 149 Å². The van der Waals surface area contributed by atoms with E-state index in [-0.39, 0.29) is 24.4 Å². The van der Waals surface area contributed by atoms with Crippen LogP contribution in [0.4, 0.5) is 0 Å². The number of hydrogen-bond donors (Lipinski definition) is 0. The van der Waals surface area contributed by atoms with Crippen molar-refractivity contribution in [2.75, 3.05) is 19.6 Å². The van der Waals surface area contributed by atoms with Gasteiger partial charge in [0, 0.05) is 23.1 Å². The maximum absolute atomic E-state index is 12.8. The Morgan fingerprint density at radius 2 is 1.83 bits per heavy atom. The second-order valence-electron chi connectivity index (χ2n) is 6.24. The van der Waals surface area contributed by atoms with Crippen LogP contribution in [0.25, 0.3) is 0 Å². The Morgan fingerprint density at radius 1 is 1.08 bits per heavy atom. The Hall–Kier alpha value is -2.14. The SMILES string of the molecule is O=C(c1ccc(Br)cc1)N1CC(=O)N2CCc3ccccc3C2C1. The third-order valence-corrected chi connectivity index (χ3v) is 5.36. The van der Waals surface area contributed by atoms with E-state index in [0.717, 1.165) is 17.4 Å². The Kier molecular flexibility index (Phi) is 3.88. The first-order chi connectivity index (χ1) is 11.6. The zero-order valence-electron chi connectivity index (χ0n) is 13.1. The zero-order valence-corrected chi connectivity index (χ0v) is 14.7. The molecule has 24 heavy (non-hydrogen) atoms. The monoisotopic (exact) mass is 384 g/mol. The molecule has 0 aliphatic carbocycles. The normalized spacial score (nSPS) is 19.7. The second kappa shape index (κ2) is 6.06. The summed E-state index contributed by atoms with van der Waals surface area (Å²) in [6.45, 7) is 1.45. The number of rotatable bonds is 1. The summed E-state index contributed by atoms with van der Waals surface area (Å²) in [5.74, 6) is -0.0511. The third kappa shape index (κ3) is 2.63. The predicted molar refractivity (Wildman–Crippen MR) is 94.6 cm³/mol. The number of amides is 2. The molecule has 1 atom stereocenters. The molecular weight excluding hydrogens is 368 g/mol. The van der Waals surface area contributed by atoms with Crippen LogP contribution in [0, 0.1) is 0 Å². The van der Waals surface area contributed by atoms with Crippen molar-refractivity contribution in [2.24, 2.45) is 0 Å². The molecule has 2 aliphatic heterocycles. The van der Waals surface area contributed by atoms with Crippen molar-refractivity contribution < 1.29 is 9.59 Å². The molecule has 1 saturated heterocycles. The molecule has 2 heterocycles. The first-order valence-corrected chi connectivity index (χ1v) is 8.85. The fourth-order valence-corrected chi connectivity index (χ4v) is 3.87. The van der Waals surface area contributed by atoms with Gasteiger partial charge in [0.05, 0.1) is 6.04 Å². The Bertz CT molecular complexity index is 803. The van der Waals surface area contributed by atoms with Gasteiger partial charge in [-0.05, 0) is 41.8 Å². The van der Waals surface area contributed by atoms with Crippen LogP contribution in [-0.2, 0) is 11.2 Å². The standard InChI is InChI=1S/C19H17BrN2O2/c20-15-7-5-14(6-8-15)19(24)21-11-17-16-4-2-1-3-13(16)9-10-22(17)18(23)12-21/h1-8,17H,9-12H2. The average Bonchev–Trinajstić information content (AvgIpc) is 2.61. The summed E-state index contributed by atoms with van der Waals surface area (Å²) < 4.78 is 0.932. The van der Waals surface area contributed by atoms with Crippen molar-refractivity contribution in [1.29, 1.82) is 0 Å². The van der Waals surface area contributed by atoms with Crippen LogP contribution in [-0.4, -0.2) is 41.2 Å². The van der Waals surface area contributed by atoms with E-state index < -0.39 is 0 Å². The van der Waals surface area contributed by atoms with Gasteiger partial charge in [-0.25, -0.2) is 0 Å². The van der Waals surface area contributed by atoms with Gasteiger partial charge in [-0.2, -0.15) is 0 Å². The molecule has 1 fully saturated rings. The highest BCUT2D eigenvalue weighted by Crippen LogP contribution is 2.33. The summed E-state index contributed by atoms with van der Waals surface area (Å²) >= 11 is 3.38. The highest BCUT2D eigenvalue weighted by molar-refractivity contribution is 9.10. The highest BCUT2D eigenvalue weighted by Gasteiger charge is 2.38. The van der Waals surface area contributed by atoms with Crippen LogP contribution in [0.15, 0.2) is 53.0 Å². The molecule has 0 aromatic heterocycles. The number of benzene rings is 2. The summed E-state index contributed by atoms with van der Waals surface area (Å²) in [6.07, 6.45) is 0.888. The minimum absolute atomic E-state index is 0.0319. The van der Waals surface area contributed by atoms with E-state index >= 15 is 0 Å². The number of carbonyl (C=O) groups is 2. The minimum atomic E-state index is -0.0847. The lowest BCUT2D eigenvalue weighted by Gasteiger charge is -2.44. The van der Waals surface area contributed by atoms with Gasteiger partial charge in [-0.1, -0.05) is 40.2 Å². The molecule has 2 aliphatic rings. The maximum Gasteiger partial charge on any atom is 0.254 e. The predicted octanol–water partition coefficient (Wildman–Crippen LogP) is 3.03. The quantitative estimate of drug-likeness (QED) is 0.757. The lowest BCUT2D eigenvalue weighted by atomic mass is 9.90. The molecule has 4 nitrogen and oxygen atoms in total. The van der Waals surface area contributed by atoms with Crippen molar-refractivity contribution in [1.82, 2.24) is 9.80 Å². The molecule has 4 rings (SSSR count). The molecular formula is C19H17BrN2O2. The highest BCUT2D eigenvalue weighted by atomic mass is 79.9. The van der Waals surface area contributed by atoms with E-state index in [1.54, 1.807) is 17.0 Å².